The summed E-state index contributed by atoms with van der Waals surface area (Å²) in [5.41, 5.74) is 6.95. The van der Waals surface area contributed by atoms with Crippen LogP contribution in [0, 0.1) is 0 Å². The van der Waals surface area contributed by atoms with Gasteiger partial charge in [-0.1, -0.05) is 48.3 Å². The first-order valence-electron chi connectivity index (χ1n) is 15.3. The van der Waals surface area contributed by atoms with Crippen molar-refractivity contribution in [2.75, 3.05) is 54.6 Å². The summed E-state index contributed by atoms with van der Waals surface area (Å²) in [4.78, 5) is 32.0. The number of hydrogen-bond acceptors (Lipinski definition) is 7. The topological polar surface area (TPSA) is 104 Å². The molecule has 2 fully saturated rings. The molecule has 2 heterocycles. The normalized spacial score (nSPS) is 23.2. The number of primary amides is 1. The average Bonchev–Trinajstić information content (AvgIpc) is 3.54. The Balaban J connectivity index is 1.62. The molecular weight excluding hydrogens is 629 g/mol. The third kappa shape index (κ3) is 5.85. The van der Waals surface area contributed by atoms with Crippen LogP contribution in [0.3, 0.4) is 0 Å². The molecule has 9 nitrogen and oxygen atoms in total. The number of carbonyl (C=O) groups excluding carboxylic acids is 2. The van der Waals surface area contributed by atoms with Gasteiger partial charge in [0.05, 0.1) is 43.9 Å². The fourth-order valence-corrected chi connectivity index (χ4v) is 7.72. The summed E-state index contributed by atoms with van der Waals surface area (Å²) < 4.78 is 22.1. The summed E-state index contributed by atoms with van der Waals surface area (Å²) in [6, 6.07) is 16.5. The molecule has 2 saturated heterocycles. The van der Waals surface area contributed by atoms with Gasteiger partial charge in [-0.05, 0) is 79.9 Å². The van der Waals surface area contributed by atoms with Crippen LogP contribution < -0.4 is 24.7 Å². The van der Waals surface area contributed by atoms with Gasteiger partial charge in [0.2, 0.25) is 11.7 Å². The molecule has 2 N–H and O–H groups in total. The van der Waals surface area contributed by atoms with Crippen LogP contribution in [0.5, 0.6) is 23.0 Å². The Morgan fingerprint density at radius 3 is 2.17 bits per heavy atom. The number of likely N-dealkylation sites (tertiary alicyclic amines) is 2. The van der Waals surface area contributed by atoms with Gasteiger partial charge >= 0.3 is 0 Å². The van der Waals surface area contributed by atoms with Gasteiger partial charge in [-0.2, -0.15) is 0 Å². The lowest BCUT2D eigenvalue weighted by molar-refractivity contribution is -0.127. The Kier molecular flexibility index (Phi) is 9.96. The minimum atomic E-state index is -0.942. The predicted molar refractivity (Wildman–Crippen MR) is 179 cm³/mol. The Bertz CT molecular complexity index is 1590. The van der Waals surface area contributed by atoms with Gasteiger partial charge in [-0.25, -0.2) is 0 Å². The third-order valence-corrected chi connectivity index (χ3v) is 10.7. The molecule has 46 heavy (non-hydrogen) atoms. The van der Waals surface area contributed by atoms with Crippen molar-refractivity contribution in [3.05, 3.63) is 81.3 Å². The van der Waals surface area contributed by atoms with Gasteiger partial charge in [0, 0.05) is 30.1 Å². The number of piperidine rings is 1. The molecule has 3 atom stereocenters. The van der Waals surface area contributed by atoms with Crippen LogP contribution in [0.4, 0.5) is 0 Å². The van der Waals surface area contributed by atoms with Gasteiger partial charge in [0.25, 0.3) is 5.91 Å². The molecule has 0 aromatic heterocycles. The number of rotatable bonds is 10. The minimum absolute atomic E-state index is 0.167. The monoisotopic (exact) mass is 669 g/mol. The maximum Gasteiger partial charge on any atom is 0.254 e. The number of likely N-dealkylation sites (N-methyl/N-ethyl adjacent to an activating group) is 1. The van der Waals surface area contributed by atoms with E-state index in [-0.39, 0.29) is 17.9 Å². The van der Waals surface area contributed by atoms with Crippen LogP contribution >= 0.6 is 23.2 Å². The quantitative estimate of drug-likeness (QED) is 0.295. The zero-order valence-electron chi connectivity index (χ0n) is 26.9. The summed E-state index contributed by atoms with van der Waals surface area (Å²) in [6.07, 6.45) is 1.65. The molecule has 0 radical (unpaired) electrons. The van der Waals surface area contributed by atoms with Crippen LogP contribution in [-0.4, -0.2) is 82.3 Å². The molecule has 0 spiro atoms. The van der Waals surface area contributed by atoms with E-state index >= 15 is 0 Å². The molecule has 0 aliphatic carbocycles. The number of nitrogens with two attached hydrogens (primary N) is 1. The minimum Gasteiger partial charge on any atom is -0.497 e. The average molecular weight is 671 g/mol. The number of halogens is 2. The first-order valence-corrected chi connectivity index (χ1v) is 16.1. The predicted octanol–water partition coefficient (Wildman–Crippen LogP) is 5.72. The zero-order chi connectivity index (χ0) is 33.2. The molecule has 3 unspecified atom stereocenters. The second-order valence-electron chi connectivity index (χ2n) is 12.0. The third-order valence-electron chi connectivity index (χ3n) is 9.94. The number of hydrogen-bond donors (Lipinski definition) is 1. The Morgan fingerprint density at radius 2 is 1.59 bits per heavy atom. The van der Waals surface area contributed by atoms with E-state index in [1.165, 1.54) is 21.3 Å². The highest BCUT2D eigenvalue weighted by Crippen LogP contribution is 2.50. The maximum atomic E-state index is 14.2. The van der Waals surface area contributed by atoms with Crippen molar-refractivity contribution in [2.45, 2.75) is 43.1 Å². The lowest BCUT2D eigenvalue weighted by atomic mass is 9.61. The lowest BCUT2D eigenvalue weighted by Gasteiger charge is -2.52. The van der Waals surface area contributed by atoms with E-state index in [9.17, 15) is 9.59 Å². The lowest BCUT2D eigenvalue weighted by Crippen LogP contribution is -2.61. The number of amides is 2. The van der Waals surface area contributed by atoms with Crippen molar-refractivity contribution in [3.8, 4) is 23.0 Å². The van der Waals surface area contributed by atoms with E-state index < -0.39 is 10.8 Å². The fraction of sp³-hybridized carbons (Fsp3) is 0.429. The van der Waals surface area contributed by atoms with E-state index in [1.54, 1.807) is 25.3 Å². The van der Waals surface area contributed by atoms with Crippen LogP contribution in [0.2, 0.25) is 10.0 Å². The number of carbonyl (C=O) groups is 2. The number of ether oxygens (including phenoxy) is 4. The summed E-state index contributed by atoms with van der Waals surface area (Å²) in [5, 5.41) is 0.878. The van der Waals surface area contributed by atoms with Crippen LogP contribution in [-0.2, 0) is 15.6 Å². The first-order chi connectivity index (χ1) is 22.1. The van der Waals surface area contributed by atoms with E-state index in [1.807, 2.05) is 41.3 Å². The van der Waals surface area contributed by atoms with Crippen LogP contribution in [0.15, 0.2) is 54.6 Å². The molecule has 0 saturated carbocycles. The van der Waals surface area contributed by atoms with Crippen molar-refractivity contribution in [2.24, 2.45) is 5.73 Å². The second kappa shape index (κ2) is 13.6. The van der Waals surface area contributed by atoms with E-state index in [0.29, 0.717) is 77.5 Å². The highest BCUT2D eigenvalue weighted by molar-refractivity contribution is 6.42. The highest BCUT2D eigenvalue weighted by Gasteiger charge is 2.55. The van der Waals surface area contributed by atoms with Crippen LogP contribution in [0.25, 0.3) is 0 Å². The van der Waals surface area contributed by atoms with Crippen molar-refractivity contribution in [1.82, 2.24) is 9.80 Å². The summed E-state index contributed by atoms with van der Waals surface area (Å²) in [7, 11) is 6.17. The molecule has 2 amide bonds. The molecule has 5 rings (SSSR count). The molecule has 3 aromatic rings. The van der Waals surface area contributed by atoms with Crippen molar-refractivity contribution < 1.29 is 28.5 Å². The number of benzene rings is 3. The zero-order valence-corrected chi connectivity index (χ0v) is 28.4. The number of nitrogens with zero attached hydrogens (tertiary/aromatic N) is 2. The Labute approximate surface area is 280 Å². The molecule has 3 aromatic carbocycles. The van der Waals surface area contributed by atoms with Gasteiger partial charge in [-0.3, -0.25) is 14.5 Å². The molecule has 11 heteroatoms. The molecule has 2 aliphatic rings. The van der Waals surface area contributed by atoms with Gasteiger partial charge < -0.3 is 29.6 Å². The smallest absolute Gasteiger partial charge is 0.254 e. The van der Waals surface area contributed by atoms with E-state index in [2.05, 4.69) is 11.8 Å². The van der Waals surface area contributed by atoms with Gasteiger partial charge in [0.15, 0.2) is 11.5 Å². The molecule has 2 aliphatic heterocycles. The Hall–Kier alpha value is -3.66. The van der Waals surface area contributed by atoms with Gasteiger partial charge in [-0.15, -0.1) is 0 Å². The van der Waals surface area contributed by atoms with Gasteiger partial charge in [0.1, 0.15) is 5.75 Å². The fourth-order valence-electron chi connectivity index (χ4n) is 7.42. The standard InChI is InChI=1S/C35H41Cl2N3O6/c1-6-39-14-12-34(33(38)42,23-8-7-9-25(18-23)43-2)20-30(39)35(24-10-11-26(36)27(37)19-24)13-15-40(21-35)32(41)22-16-28(44-3)31(46-5)29(17-22)45-4/h7-11,16-19,30H,6,12-15,20-21H2,1-5H3,(H2,38,42). The maximum absolute atomic E-state index is 14.2. The van der Waals surface area contributed by atoms with Crippen LogP contribution in [0.1, 0.15) is 47.7 Å². The Morgan fingerprint density at radius 1 is 0.870 bits per heavy atom. The number of methoxy groups -OCH3 is 4. The summed E-state index contributed by atoms with van der Waals surface area (Å²) in [6.45, 7) is 4.37. The van der Waals surface area contributed by atoms with E-state index in [0.717, 1.165) is 17.7 Å². The first kappa shape index (κ1) is 33.7. The summed E-state index contributed by atoms with van der Waals surface area (Å²) >= 11 is 13.0. The summed E-state index contributed by atoms with van der Waals surface area (Å²) in [5.74, 6) is 1.32. The molecule has 246 valence electrons. The molecule has 0 bridgehead atoms. The largest absolute Gasteiger partial charge is 0.497 e. The molecular formula is C35H41Cl2N3O6. The second-order valence-corrected chi connectivity index (χ2v) is 12.8. The van der Waals surface area contributed by atoms with Crippen molar-refractivity contribution in [1.29, 1.82) is 0 Å². The SMILES string of the molecule is CCN1CCC(C(N)=O)(c2cccc(OC)c2)CC1C1(c2ccc(Cl)c(Cl)c2)CCN(C(=O)c2cc(OC)c(OC)c(OC)c2)C1. The van der Waals surface area contributed by atoms with Crippen molar-refractivity contribution >= 4 is 35.0 Å². The highest BCUT2D eigenvalue weighted by atomic mass is 35.5. The van der Waals surface area contributed by atoms with Crippen molar-refractivity contribution in [3.63, 3.8) is 0 Å². The van der Waals surface area contributed by atoms with E-state index in [4.69, 9.17) is 47.9 Å².